The Kier molecular flexibility index (Phi) is 11.9. The van der Waals surface area contributed by atoms with Gasteiger partial charge < -0.3 is 9.13 Å². The number of hydrogen-bond acceptors (Lipinski definition) is 0. The molecule has 81 heavy (non-hydrogen) atoms. The summed E-state index contributed by atoms with van der Waals surface area (Å²) in [4.78, 5) is 0. The van der Waals surface area contributed by atoms with E-state index in [9.17, 15) is 0 Å². The highest BCUT2D eigenvalue weighted by Crippen LogP contribution is 2.45. The first-order valence-corrected chi connectivity index (χ1v) is 30.0. The number of benzene rings is 13. The van der Waals surface area contributed by atoms with E-state index in [2.05, 4.69) is 337 Å². The summed E-state index contributed by atoms with van der Waals surface area (Å²) in [5, 5.41) is 10.2. The zero-order valence-electron chi connectivity index (χ0n) is 44.6. The second-order valence-electron chi connectivity index (χ2n) is 21.1. The second kappa shape index (κ2) is 20.2. The zero-order valence-corrected chi connectivity index (χ0v) is 45.6. The van der Waals surface area contributed by atoms with Crippen molar-refractivity contribution in [2.75, 3.05) is 0 Å². The molecule has 0 atom stereocenters. The molecule has 2 nitrogen and oxygen atoms in total. The predicted molar refractivity (Wildman–Crippen MR) is 346 cm³/mol. The third-order valence-corrected chi connectivity index (χ3v) is 21.4. The van der Waals surface area contributed by atoms with Gasteiger partial charge in [-0.1, -0.05) is 291 Å². The van der Waals surface area contributed by atoms with Crippen LogP contribution in [0.5, 0.6) is 0 Å². The fourth-order valence-electron chi connectivity index (χ4n) is 13.1. The predicted octanol–water partition coefficient (Wildman–Crippen LogP) is 17.6. The van der Waals surface area contributed by atoms with Gasteiger partial charge in [0.05, 0.1) is 33.4 Å². The molecule has 0 amide bonds. The van der Waals surface area contributed by atoms with Gasteiger partial charge in [0.15, 0.2) is 8.07 Å². The van der Waals surface area contributed by atoms with E-state index in [1.807, 2.05) is 0 Å². The van der Waals surface area contributed by atoms with Gasteiger partial charge in [0.25, 0.3) is 0 Å². The lowest BCUT2D eigenvalue weighted by molar-refractivity contribution is 1.18. The minimum Gasteiger partial charge on any atom is -0.308 e. The summed E-state index contributed by atoms with van der Waals surface area (Å²) in [6.45, 7) is 0. The van der Waals surface area contributed by atoms with E-state index in [1.54, 1.807) is 0 Å². The number of para-hydroxylation sites is 3. The monoisotopic (exact) mass is 1050 g/mol. The molecule has 2 aromatic heterocycles. The largest absolute Gasteiger partial charge is 0.308 e. The molecular formula is C78H54N2Si. The van der Waals surface area contributed by atoms with Crippen LogP contribution in [-0.2, 0) is 0 Å². The highest BCUT2D eigenvalue weighted by atomic mass is 28.3. The van der Waals surface area contributed by atoms with E-state index in [-0.39, 0.29) is 0 Å². The Morgan fingerprint density at radius 3 is 0.852 bits per heavy atom. The van der Waals surface area contributed by atoms with Crippen molar-refractivity contribution in [3.05, 3.63) is 328 Å². The van der Waals surface area contributed by atoms with Crippen molar-refractivity contribution in [1.29, 1.82) is 0 Å². The lowest BCUT2D eigenvalue weighted by atomic mass is 9.95. The van der Waals surface area contributed by atoms with Crippen LogP contribution in [0.2, 0.25) is 0 Å². The quantitative estimate of drug-likeness (QED) is 0.0902. The van der Waals surface area contributed by atoms with Gasteiger partial charge in [-0.25, -0.2) is 0 Å². The summed E-state index contributed by atoms with van der Waals surface area (Å²) in [6.07, 6.45) is 0. The van der Waals surface area contributed by atoms with Crippen LogP contribution in [0.3, 0.4) is 0 Å². The number of fused-ring (bicyclic) bond motifs is 6. The minimum atomic E-state index is -2.99. The van der Waals surface area contributed by atoms with Crippen molar-refractivity contribution >= 4 is 72.4 Å². The molecule has 0 N–H and O–H groups in total. The molecule has 15 rings (SSSR count). The van der Waals surface area contributed by atoms with Crippen LogP contribution in [0.4, 0.5) is 0 Å². The SMILES string of the molecule is c1ccc(-c2cccc(-c3ccccc3)c2-n2c3ccccc3c3cc(-c4ccc5c(c4)c4ccccc4n5-c4c(-c5ccccc5)cc([Si](c5ccccc5)(c5ccccc5)c5ccccc5)cc4-c4ccccc4)ccc32)cc1. The summed E-state index contributed by atoms with van der Waals surface area (Å²) in [5.74, 6) is 0. The molecule has 0 aliphatic carbocycles. The average Bonchev–Trinajstić information content (AvgIpc) is 4.25. The summed E-state index contributed by atoms with van der Waals surface area (Å²) in [5.41, 5.74) is 18.8. The Labute approximate surface area is 473 Å². The van der Waals surface area contributed by atoms with Crippen LogP contribution >= 0.6 is 0 Å². The van der Waals surface area contributed by atoms with Crippen LogP contribution in [0.15, 0.2) is 328 Å². The van der Waals surface area contributed by atoms with Crippen LogP contribution in [0.1, 0.15) is 0 Å². The topological polar surface area (TPSA) is 9.86 Å². The standard InChI is InChI=1S/C78H54N2Si/c1-8-27-55(28-9-1)65-43-26-44-66(56-29-10-2-11-30-56)77(65)79-73-45-24-22-41-67(73)71-51-59(47-49-75(71)79)60-48-50-76-72(52-60)68-42-23-25-46-74(68)80(76)78-69(57-31-12-3-13-32-57)53-64(54-70(78)58-33-14-4-15-34-58)81(61-35-16-5-17-36-61,62-37-18-6-19-38-62)63-39-20-7-21-40-63/h1-54H. The minimum absolute atomic E-state index is 1.16. The van der Waals surface area contributed by atoms with E-state index in [0.717, 1.165) is 16.7 Å². The van der Waals surface area contributed by atoms with Crippen molar-refractivity contribution in [1.82, 2.24) is 9.13 Å². The van der Waals surface area contributed by atoms with Gasteiger partial charge in [-0.15, -0.1) is 0 Å². The summed E-state index contributed by atoms with van der Waals surface area (Å²) >= 11 is 0. The normalized spacial score (nSPS) is 11.7. The number of hydrogen-bond donors (Lipinski definition) is 0. The molecule has 0 aliphatic rings. The van der Waals surface area contributed by atoms with E-state index >= 15 is 0 Å². The summed E-state index contributed by atoms with van der Waals surface area (Å²) < 4.78 is 5.06. The Morgan fingerprint density at radius 1 is 0.185 bits per heavy atom. The van der Waals surface area contributed by atoms with E-state index < -0.39 is 8.07 Å². The van der Waals surface area contributed by atoms with Gasteiger partial charge in [0, 0.05) is 43.8 Å². The van der Waals surface area contributed by atoms with Gasteiger partial charge in [-0.3, -0.25) is 0 Å². The number of rotatable bonds is 11. The Bertz CT molecular complexity index is 4550. The maximum absolute atomic E-state index is 2.99. The van der Waals surface area contributed by atoms with Gasteiger partial charge in [-0.05, 0) is 90.5 Å². The lowest BCUT2D eigenvalue weighted by Crippen LogP contribution is -2.74. The Balaban J connectivity index is 0.973. The van der Waals surface area contributed by atoms with Crippen LogP contribution in [0, 0.1) is 0 Å². The van der Waals surface area contributed by atoms with Crippen molar-refractivity contribution in [2.45, 2.75) is 0 Å². The van der Waals surface area contributed by atoms with Crippen LogP contribution in [-0.4, -0.2) is 17.2 Å². The summed E-state index contributed by atoms with van der Waals surface area (Å²) in [6, 6.07) is 122. The molecule has 0 spiro atoms. The highest BCUT2D eigenvalue weighted by molar-refractivity contribution is 7.20. The molecule has 2 heterocycles. The first-order valence-electron chi connectivity index (χ1n) is 28.0. The molecule has 0 aliphatic heterocycles. The molecule has 0 bridgehead atoms. The maximum atomic E-state index is 2.56. The van der Waals surface area contributed by atoms with E-state index in [4.69, 9.17) is 0 Å². The van der Waals surface area contributed by atoms with Gasteiger partial charge in [0.1, 0.15) is 0 Å². The van der Waals surface area contributed by atoms with Gasteiger partial charge in [0.2, 0.25) is 0 Å². The maximum Gasteiger partial charge on any atom is 0.179 e. The lowest BCUT2D eigenvalue weighted by Gasteiger charge is -2.36. The molecule has 3 heteroatoms. The van der Waals surface area contributed by atoms with Crippen molar-refractivity contribution < 1.29 is 0 Å². The zero-order chi connectivity index (χ0) is 53.7. The van der Waals surface area contributed by atoms with Crippen LogP contribution < -0.4 is 20.7 Å². The number of aromatic nitrogens is 2. The third-order valence-electron chi connectivity index (χ3n) is 16.7. The second-order valence-corrected chi connectivity index (χ2v) is 24.9. The van der Waals surface area contributed by atoms with E-state index in [0.29, 0.717) is 0 Å². The van der Waals surface area contributed by atoms with Crippen molar-refractivity contribution in [2.24, 2.45) is 0 Å². The molecular weight excluding hydrogens is 993 g/mol. The molecule has 380 valence electrons. The molecule has 0 saturated heterocycles. The average molecular weight is 1050 g/mol. The van der Waals surface area contributed by atoms with Crippen molar-refractivity contribution in [3.63, 3.8) is 0 Å². The molecule has 0 saturated carbocycles. The molecule has 13 aromatic carbocycles. The summed E-state index contributed by atoms with van der Waals surface area (Å²) in [7, 11) is -2.99. The van der Waals surface area contributed by atoms with Gasteiger partial charge in [-0.2, -0.15) is 0 Å². The smallest absolute Gasteiger partial charge is 0.179 e. The first-order chi connectivity index (χ1) is 40.2. The molecule has 0 fully saturated rings. The van der Waals surface area contributed by atoms with Gasteiger partial charge >= 0.3 is 0 Å². The molecule has 0 unspecified atom stereocenters. The fourth-order valence-corrected chi connectivity index (χ4v) is 17.9. The Hall–Kier alpha value is -10.3. The first kappa shape index (κ1) is 47.9. The number of nitrogens with zero attached hydrogens (tertiary/aromatic N) is 2. The van der Waals surface area contributed by atoms with E-state index in [1.165, 1.54) is 115 Å². The van der Waals surface area contributed by atoms with Crippen LogP contribution in [0.25, 0.3) is 111 Å². The fraction of sp³-hybridized carbons (Fsp3) is 0. The Morgan fingerprint density at radius 2 is 0.481 bits per heavy atom. The highest BCUT2D eigenvalue weighted by Gasteiger charge is 2.42. The van der Waals surface area contributed by atoms with Crippen molar-refractivity contribution in [3.8, 4) is 67.0 Å². The molecule has 0 radical (unpaired) electrons. The third kappa shape index (κ3) is 8.00. The molecule has 15 aromatic rings.